The van der Waals surface area contributed by atoms with Crippen molar-refractivity contribution in [3.63, 3.8) is 0 Å². The third-order valence-corrected chi connectivity index (χ3v) is 3.34. The van der Waals surface area contributed by atoms with Gasteiger partial charge in [0, 0.05) is 18.9 Å². The van der Waals surface area contributed by atoms with Crippen LogP contribution < -0.4 is 11.1 Å². The summed E-state index contributed by atoms with van der Waals surface area (Å²) in [6.45, 7) is 7.85. The first kappa shape index (κ1) is 12.9. The number of aromatic nitrogens is 2. The van der Waals surface area contributed by atoms with E-state index in [-0.39, 0.29) is 5.41 Å². The van der Waals surface area contributed by atoms with E-state index in [1.807, 2.05) is 19.3 Å². The van der Waals surface area contributed by atoms with Crippen LogP contribution in [0.25, 0.3) is 0 Å². The maximum Gasteiger partial charge on any atom is 0.222 e. The first-order chi connectivity index (χ1) is 7.65. The van der Waals surface area contributed by atoms with Crippen LogP contribution in [0, 0.1) is 12.3 Å². The Morgan fingerprint density at radius 3 is 2.25 bits per heavy atom. The highest BCUT2D eigenvalue weighted by Crippen LogP contribution is 2.24. The third kappa shape index (κ3) is 3.17. The van der Waals surface area contributed by atoms with Gasteiger partial charge < -0.3 is 11.1 Å². The maximum absolute atomic E-state index is 5.84. The van der Waals surface area contributed by atoms with Gasteiger partial charge in [0.05, 0.1) is 0 Å². The summed E-state index contributed by atoms with van der Waals surface area (Å²) in [5.74, 6) is 0.685. The van der Waals surface area contributed by atoms with E-state index in [9.17, 15) is 0 Å². The van der Waals surface area contributed by atoms with Crippen molar-refractivity contribution in [2.45, 2.75) is 33.6 Å². The first-order valence-corrected chi connectivity index (χ1v) is 5.88. The minimum atomic E-state index is 0.161. The molecule has 1 aromatic rings. The number of anilines is 1. The second-order valence-corrected chi connectivity index (χ2v) is 4.35. The molecule has 0 saturated carbocycles. The van der Waals surface area contributed by atoms with Gasteiger partial charge in [0.2, 0.25) is 5.95 Å². The molecule has 0 fully saturated rings. The molecule has 0 spiro atoms. The topological polar surface area (TPSA) is 63.8 Å². The van der Waals surface area contributed by atoms with Crippen LogP contribution in [0.2, 0.25) is 0 Å². The average molecular weight is 222 g/mol. The Labute approximate surface area is 97.7 Å². The second kappa shape index (κ2) is 5.80. The van der Waals surface area contributed by atoms with Crippen molar-refractivity contribution in [3.8, 4) is 0 Å². The summed E-state index contributed by atoms with van der Waals surface area (Å²) < 4.78 is 0. The quantitative estimate of drug-likeness (QED) is 0.772. The van der Waals surface area contributed by atoms with E-state index >= 15 is 0 Å². The summed E-state index contributed by atoms with van der Waals surface area (Å²) in [6.07, 6.45) is 5.77. The fourth-order valence-corrected chi connectivity index (χ4v) is 1.61. The van der Waals surface area contributed by atoms with E-state index in [4.69, 9.17) is 5.73 Å². The second-order valence-electron chi connectivity index (χ2n) is 4.35. The van der Waals surface area contributed by atoms with Crippen molar-refractivity contribution in [1.29, 1.82) is 0 Å². The van der Waals surface area contributed by atoms with E-state index in [1.165, 1.54) is 0 Å². The zero-order valence-electron chi connectivity index (χ0n) is 10.5. The molecule has 0 radical (unpaired) electrons. The van der Waals surface area contributed by atoms with E-state index in [2.05, 4.69) is 29.1 Å². The number of hydrogen-bond acceptors (Lipinski definition) is 4. The predicted octanol–water partition coefficient (Wildman–Crippen LogP) is 1.96. The van der Waals surface area contributed by atoms with Gasteiger partial charge in [-0.3, -0.25) is 0 Å². The van der Waals surface area contributed by atoms with Gasteiger partial charge in [-0.05, 0) is 37.3 Å². The lowest BCUT2D eigenvalue weighted by Gasteiger charge is -2.30. The van der Waals surface area contributed by atoms with Crippen molar-refractivity contribution in [2.24, 2.45) is 11.1 Å². The molecule has 90 valence electrons. The minimum absolute atomic E-state index is 0.161. The highest BCUT2D eigenvalue weighted by Gasteiger charge is 2.24. The summed E-state index contributed by atoms with van der Waals surface area (Å²) in [4.78, 5) is 8.44. The van der Waals surface area contributed by atoms with Gasteiger partial charge in [0.25, 0.3) is 0 Å². The number of rotatable bonds is 6. The molecule has 3 N–H and O–H groups in total. The molecule has 0 aliphatic rings. The molecule has 1 aromatic heterocycles. The van der Waals surface area contributed by atoms with Crippen molar-refractivity contribution >= 4 is 5.95 Å². The number of nitrogens with two attached hydrogens (primary N) is 1. The van der Waals surface area contributed by atoms with Gasteiger partial charge >= 0.3 is 0 Å². The summed E-state index contributed by atoms with van der Waals surface area (Å²) in [5.41, 5.74) is 7.07. The fraction of sp³-hybridized carbons (Fsp3) is 0.667. The Hall–Kier alpha value is -1.16. The van der Waals surface area contributed by atoms with Gasteiger partial charge in [-0.15, -0.1) is 0 Å². The molecule has 0 amide bonds. The number of aryl methyl sites for hydroxylation is 1. The summed E-state index contributed by atoms with van der Waals surface area (Å²) >= 11 is 0. The summed E-state index contributed by atoms with van der Waals surface area (Å²) in [6, 6.07) is 0. The molecule has 1 rings (SSSR count). The van der Waals surface area contributed by atoms with Crippen LogP contribution in [0.4, 0.5) is 5.95 Å². The van der Waals surface area contributed by atoms with Crippen molar-refractivity contribution in [3.05, 3.63) is 18.0 Å². The van der Waals surface area contributed by atoms with Crippen LogP contribution in [0.3, 0.4) is 0 Å². The molecule has 0 atom stereocenters. The molecule has 4 nitrogen and oxygen atoms in total. The molecule has 0 aliphatic heterocycles. The molecule has 4 heteroatoms. The standard InChI is InChI=1S/C12H22N4/c1-4-12(5-2,8-13)9-16-11-14-6-10(3)7-15-11/h6-7H,4-5,8-9,13H2,1-3H3,(H,14,15,16). The zero-order chi connectivity index (χ0) is 12.0. The van der Waals surface area contributed by atoms with E-state index in [0.29, 0.717) is 12.5 Å². The van der Waals surface area contributed by atoms with Crippen LogP contribution in [0.1, 0.15) is 32.3 Å². The molecular formula is C12H22N4. The molecule has 0 unspecified atom stereocenters. The lowest BCUT2D eigenvalue weighted by atomic mass is 9.82. The normalized spacial score (nSPS) is 11.5. The molecule has 16 heavy (non-hydrogen) atoms. The lowest BCUT2D eigenvalue weighted by Crippen LogP contribution is -2.36. The van der Waals surface area contributed by atoms with Gasteiger partial charge in [0.15, 0.2) is 0 Å². The molecule has 1 heterocycles. The monoisotopic (exact) mass is 222 g/mol. The Balaban J connectivity index is 2.58. The van der Waals surface area contributed by atoms with Gasteiger partial charge in [-0.25, -0.2) is 9.97 Å². The molecule has 0 bridgehead atoms. The summed E-state index contributed by atoms with van der Waals surface area (Å²) in [7, 11) is 0. The number of nitrogens with zero attached hydrogens (tertiary/aromatic N) is 2. The van der Waals surface area contributed by atoms with Gasteiger partial charge in [-0.1, -0.05) is 13.8 Å². The van der Waals surface area contributed by atoms with Crippen LogP contribution in [-0.2, 0) is 0 Å². The molecule has 0 aromatic carbocycles. The van der Waals surface area contributed by atoms with Crippen LogP contribution in [-0.4, -0.2) is 23.1 Å². The SMILES string of the molecule is CCC(CC)(CN)CNc1ncc(C)cn1. The Morgan fingerprint density at radius 1 is 1.25 bits per heavy atom. The minimum Gasteiger partial charge on any atom is -0.354 e. The Morgan fingerprint density at radius 2 is 1.81 bits per heavy atom. The van der Waals surface area contributed by atoms with Crippen LogP contribution >= 0.6 is 0 Å². The van der Waals surface area contributed by atoms with E-state index in [0.717, 1.165) is 24.9 Å². The smallest absolute Gasteiger partial charge is 0.222 e. The van der Waals surface area contributed by atoms with Crippen LogP contribution in [0.5, 0.6) is 0 Å². The first-order valence-electron chi connectivity index (χ1n) is 5.88. The predicted molar refractivity (Wildman–Crippen MR) is 67.3 cm³/mol. The maximum atomic E-state index is 5.84. The van der Waals surface area contributed by atoms with Crippen molar-refractivity contribution in [1.82, 2.24) is 9.97 Å². The van der Waals surface area contributed by atoms with Gasteiger partial charge in [-0.2, -0.15) is 0 Å². The third-order valence-electron chi connectivity index (χ3n) is 3.34. The van der Waals surface area contributed by atoms with Crippen molar-refractivity contribution in [2.75, 3.05) is 18.4 Å². The molecule has 0 aliphatic carbocycles. The fourth-order valence-electron chi connectivity index (χ4n) is 1.61. The van der Waals surface area contributed by atoms with Crippen molar-refractivity contribution < 1.29 is 0 Å². The van der Waals surface area contributed by atoms with E-state index < -0.39 is 0 Å². The Kier molecular flexibility index (Phi) is 4.68. The number of nitrogens with one attached hydrogen (secondary N) is 1. The highest BCUT2D eigenvalue weighted by atomic mass is 15.1. The highest BCUT2D eigenvalue weighted by molar-refractivity contribution is 5.24. The number of hydrogen-bond donors (Lipinski definition) is 2. The zero-order valence-corrected chi connectivity index (χ0v) is 10.5. The molecular weight excluding hydrogens is 200 g/mol. The molecule has 0 saturated heterocycles. The van der Waals surface area contributed by atoms with Gasteiger partial charge in [0.1, 0.15) is 0 Å². The van der Waals surface area contributed by atoms with Crippen LogP contribution in [0.15, 0.2) is 12.4 Å². The Bertz CT molecular complexity index is 295. The average Bonchev–Trinajstić information content (AvgIpc) is 2.34. The largest absolute Gasteiger partial charge is 0.354 e. The van der Waals surface area contributed by atoms with E-state index in [1.54, 1.807) is 0 Å². The lowest BCUT2D eigenvalue weighted by molar-refractivity contribution is 0.294. The summed E-state index contributed by atoms with van der Waals surface area (Å²) in [5, 5.41) is 3.26.